The van der Waals surface area contributed by atoms with E-state index >= 15 is 0 Å². The van der Waals surface area contributed by atoms with Gasteiger partial charge in [-0.15, -0.1) is 0 Å². The number of nitrogens with one attached hydrogen (secondary N) is 1. The summed E-state index contributed by atoms with van der Waals surface area (Å²) in [5, 5.41) is 2.92. The Kier molecular flexibility index (Phi) is 6.17. The number of halogens is 3. The van der Waals surface area contributed by atoms with Crippen molar-refractivity contribution in [1.82, 2.24) is 9.80 Å². The number of para-hydroxylation sites is 1. The molecule has 26 heavy (non-hydrogen) atoms. The molecule has 0 radical (unpaired) electrons. The average molecular weight is 393 g/mol. The lowest BCUT2D eigenvalue weighted by Gasteiger charge is -2.33. The van der Waals surface area contributed by atoms with Gasteiger partial charge in [-0.3, -0.25) is 9.69 Å². The number of rotatable bonds is 5. The maximum atomic E-state index is 12.9. The third-order valence-electron chi connectivity index (χ3n) is 4.29. The zero-order chi connectivity index (χ0) is 19.5. The van der Waals surface area contributed by atoms with Crippen LogP contribution in [0.5, 0.6) is 0 Å². The van der Waals surface area contributed by atoms with E-state index in [-0.39, 0.29) is 17.6 Å². The van der Waals surface area contributed by atoms with Crippen LogP contribution in [0.1, 0.15) is 12.8 Å². The molecule has 1 fully saturated rings. The van der Waals surface area contributed by atoms with Crippen LogP contribution in [0, 0.1) is 0 Å². The van der Waals surface area contributed by atoms with Gasteiger partial charge >= 0.3 is 5.51 Å². The molecule has 0 aromatic heterocycles. The highest BCUT2D eigenvalue weighted by atomic mass is 32.2. The van der Waals surface area contributed by atoms with E-state index in [1.165, 1.54) is 23.1 Å². The summed E-state index contributed by atoms with van der Waals surface area (Å²) in [6.45, 7) is 1.50. The molecule has 1 N–H and O–H groups in total. The number of alkyl halides is 3. The molecule has 1 aliphatic heterocycles. The molecule has 1 amide bonds. The second-order valence-electron chi connectivity index (χ2n) is 6.43. The van der Waals surface area contributed by atoms with Crippen molar-refractivity contribution in [1.29, 1.82) is 0 Å². The fraction of sp³-hybridized carbons (Fsp3) is 0.562. The maximum absolute atomic E-state index is 12.9. The fourth-order valence-corrected chi connectivity index (χ4v) is 3.66. The third-order valence-corrected chi connectivity index (χ3v) is 5.83. The lowest BCUT2D eigenvalue weighted by atomic mass is 10.0. The molecule has 0 saturated carbocycles. The summed E-state index contributed by atoms with van der Waals surface area (Å²) < 4.78 is 62.0. The number of piperidine rings is 1. The molecule has 1 aromatic carbocycles. The lowest BCUT2D eigenvalue weighted by Crippen LogP contribution is -2.44. The van der Waals surface area contributed by atoms with Crippen LogP contribution in [-0.2, 0) is 14.6 Å². The summed E-state index contributed by atoms with van der Waals surface area (Å²) >= 11 is 0. The lowest BCUT2D eigenvalue weighted by molar-refractivity contribution is -0.130. The zero-order valence-corrected chi connectivity index (χ0v) is 15.4. The Morgan fingerprint density at radius 3 is 2.35 bits per heavy atom. The Bertz CT molecular complexity index is 743. The van der Waals surface area contributed by atoms with E-state index in [0.717, 1.165) is 6.07 Å². The zero-order valence-electron chi connectivity index (χ0n) is 14.6. The summed E-state index contributed by atoms with van der Waals surface area (Å²) in [4.78, 5) is 14.4. The Hall–Kier alpha value is -1.81. The number of hydrogen-bond acceptors (Lipinski definition) is 5. The minimum atomic E-state index is -5.42. The molecule has 2 rings (SSSR count). The van der Waals surface area contributed by atoms with Crippen LogP contribution < -0.4 is 5.32 Å². The average Bonchev–Trinajstić information content (AvgIpc) is 2.56. The molecule has 146 valence electrons. The third kappa shape index (κ3) is 4.67. The normalized spacial score (nSPS) is 17.1. The molecule has 1 saturated heterocycles. The van der Waals surface area contributed by atoms with Crippen LogP contribution in [-0.4, -0.2) is 69.4 Å². The predicted octanol–water partition coefficient (Wildman–Crippen LogP) is 1.94. The predicted molar refractivity (Wildman–Crippen MR) is 91.5 cm³/mol. The Morgan fingerprint density at radius 2 is 1.81 bits per heavy atom. The number of likely N-dealkylation sites (tertiary alicyclic amines) is 1. The quantitative estimate of drug-likeness (QED) is 0.828. The Balaban J connectivity index is 2.05. The molecular formula is C16H22F3N3O3S. The van der Waals surface area contributed by atoms with Gasteiger partial charge in [0.1, 0.15) is 0 Å². The number of sulfone groups is 1. The minimum Gasteiger partial charge on any atom is -0.381 e. The second kappa shape index (κ2) is 7.83. The highest BCUT2D eigenvalue weighted by molar-refractivity contribution is 7.92. The van der Waals surface area contributed by atoms with Gasteiger partial charge in [-0.2, -0.15) is 13.2 Å². The summed E-state index contributed by atoms with van der Waals surface area (Å²) in [5.74, 6) is -0.0157. The van der Waals surface area contributed by atoms with Crippen LogP contribution in [0.4, 0.5) is 18.9 Å². The van der Waals surface area contributed by atoms with Crippen molar-refractivity contribution in [2.75, 3.05) is 39.0 Å². The molecule has 0 unspecified atom stereocenters. The Morgan fingerprint density at radius 1 is 1.23 bits per heavy atom. The molecule has 1 aromatic rings. The van der Waals surface area contributed by atoms with Crippen LogP contribution >= 0.6 is 0 Å². The van der Waals surface area contributed by atoms with E-state index in [4.69, 9.17) is 0 Å². The van der Waals surface area contributed by atoms with Crippen molar-refractivity contribution >= 4 is 21.4 Å². The van der Waals surface area contributed by atoms with E-state index in [1.54, 1.807) is 14.1 Å². The number of amides is 1. The SMILES string of the molecule is CN(C)C(=O)CN1CCC(Nc2ccccc2S(=O)(=O)C(F)(F)F)CC1. The molecule has 6 nitrogen and oxygen atoms in total. The van der Waals surface area contributed by atoms with E-state index in [2.05, 4.69) is 5.32 Å². The maximum Gasteiger partial charge on any atom is 0.501 e. The van der Waals surface area contributed by atoms with Gasteiger partial charge in [-0.05, 0) is 25.0 Å². The van der Waals surface area contributed by atoms with Crippen molar-refractivity contribution in [2.45, 2.75) is 29.3 Å². The first-order chi connectivity index (χ1) is 12.0. The van der Waals surface area contributed by atoms with Crippen molar-refractivity contribution in [3.63, 3.8) is 0 Å². The number of carbonyl (C=O) groups is 1. The topological polar surface area (TPSA) is 69.7 Å². The monoisotopic (exact) mass is 393 g/mol. The summed E-state index contributed by atoms with van der Waals surface area (Å²) in [5.41, 5.74) is -5.40. The van der Waals surface area contributed by atoms with Gasteiger partial charge < -0.3 is 10.2 Å². The summed E-state index contributed by atoms with van der Waals surface area (Å²) in [6.07, 6.45) is 1.20. The van der Waals surface area contributed by atoms with Gasteiger partial charge in [0.05, 0.1) is 17.1 Å². The highest BCUT2D eigenvalue weighted by Crippen LogP contribution is 2.34. The van der Waals surface area contributed by atoms with Gasteiger partial charge in [0.15, 0.2) is 0 Å². The van der Waals surface area contributed by atoms with Crippen LogP contribution in [0.25, 0.3) is 0 Å². The van der Waals surface area contributed by atoms with E-state index in [9.17, 15) is 26.4 Å². The molecule has 0 spiro atoms. The molecule has 10 heteroatoms. The van der Waals surface area contributed by atoms with Crippen LogP contribution in [0.15, 0.2) is 29.2 Å². The molecule has 0 atom stereocenters. The molecule has 1 aliphatic rings. The number of anilines is 1. The van der Waals surface area contributed by atoms with Gasteiger partial charge in [0, 0.05) is 33.2 Å². The standard InChI is InChI=1S/C16H22F3N3O3S/c1-21(2)15(23)11-22-9-7-12(8-10-22)20-13-5-3-4-6-14(13)26(24,25)16(17,18)19/h3-6,12,20H,7-11H2,1-2H3. The van der Waals surface area contributed by atoms with Crippen molar-refractivity contribution in [2.24, 2.45) is 0 Å². The first-order valence-corrected chi connectivity index (χ1v) is 9.60. The van der Waals surface area contributed by atoms with E-state index in [1.807, 2.05) is 4.90 Å². The van der Waals surface area contributed by atoms with E-state index in [0.29, 0.717) is 32.5 Å². The first kappa shape index (κ1) is 20.5. The fourth-order valence-electron chi connectivity index (χ4n) is 2.73. The highest BCUT2D eigenvalue weighted by Gasteiger charge is 2.48. The van der Waals surface area contributed by atoms with Gasteiger partial charge in [0.25, 0.3) is 9.84 Å². The number of hydrogen-bond donors (Lipinski definition) is 1. The van der Waals surface area contributed by atoms with Gasteiger partial charge in [-0.1, -0.05) is 12.1 Å². The van der Waals surface area contributed by atoms with Crippen LogP contribution in [0.2, 0.25) is 0 Å². The van der Waals surface area contributed by atoms with Gasteiger partial charge in [0.2, 0.25) is 5.91 Å². The van der Waals surface area contributed by atoms with Crippen molar-refractivity contribution < 1.29 is 26.4 Å². The summed E-state index contributed by atoms with van der Waals surface area (Å²) in [7, 11) is -2.07. The Labute approximate surface area is 150 Å². The summed E-state index contributed by atoms with van der Waals surface area (Å²) in [6, 6.07) is 4.88. The largest absolute Gasteiger partial charge is 0.501 e. The number of benzene rings is 1. The van der Waals surface area contributed by atoms with Crippen molar-refractivity contribution in [3.8, 4) is 0 Å². The number of carbonyl (C=O) groups excluding carboxylic acids is 1. The van der Waals surface area contributed by atoms with Crippen molar-refractivity contribution in [3.05, 3.63) is 24.3 Å². The first-order valence-electron chi connectivity index (χ1n) is 8.12. The molecule has 1 heterocycles. The molecule has 0 aliphatic carbocycles. The smallest absolute Gasteiger partial charge is 0.381 e. The molecular weight excluding hydrogens is 371 g/mol. The number of likely N-dealkylation sites (N-methyl/N-ethyl adjacent to an activating group) is 1. The van der Waals surface area contributed by atoms with E-state index < -0.39 is 20.2 Å². The minimum absolute atomic E-state index is 0.0157. The van der Waals surface area contributed by atoms with Gasteiger partial charge in [-0.25, -0.2) is 8.42 Å². The molecule has 0 bridgehead atoms. The number of nitrogens with zero attached hydrogens (tertiary/aromatic N) is 2. The second-order valence-corrected chi connectivity index (χ2v) is 8.34. The van der Waals surface area contributed by atoms with Crippen LogP contribution in [0.3, 0.4) is 0 Å².